The van der Waals surface area contributed by atoms with Crippen molar-refractivity contribution in [3.05, 3.63) is 28.8 Å². The molecule has 0 radical (unpaired) electrons. The third-order valence-corrected chi connectivity index (χ3v) is 3.90. The average Bonchev–Trinajstić information content (AvgIpc) is 2.39. The van der Waals surface area contributed by atoms with Gasteiger partial charge < -0.3 is 10.5 Å². The lowest BCUT2D eigenvalue weighted by Gasteiger charge is -2.33. The Kier molecular flexibility index (Phi) is 5.93. The maximum atomic E-state index is 6.31. The fraction of sp³-hybridized carbons (Fsp3) is 0.571. The molecule has 0 fully saturated rings. The monoisotopic (exact) mass is 270 g/mol. The van der Waals surface area contributed by atoms with Crippen LogP contribution in [0.1, 0.15) is 31.9 Å². The number of methoxy groups -OCH3 is 1. The number of rotatable bonds is 6. The van der Waals surface area contributed by atoms with Crippen molar-refractivity contribution in [1.82, 2.24) is 4.90 Å². The van der Waals surface area contributed by atoms with Crippen molar-refractivity contribution in [3.63, 3.8) is 0 Å². The molecule has 0 saturated heterocycles. The van der Waals surface area contributed by atoms with E-state index < -0.39 is 0 Å². The van der Waals surface area contributed by atoms with E-state index in [1.165, 1.54) is 0 Å². The van der Waals surface area contributed by atoms with Crippen LogP contribution in [0, 0.1) is 0 Å². The first kappa shape index (κ1) is 15.3. The number of hydrogen-bond acceptors (Lipinski definition) is 3. The highest BCUT2D eigenvalue weighted by Crippen LogP contribution is 2.35. The molecule has 0 aromatic heterocycles. The minimum absolute atomic E-state index is 0.0728. The van der Waals surface area contributed by atoms with E-state index in [1.807, 2.05) is 18.2 Å². The number of nitrogens with zero attached hydrogens (tertiary/aromatic N) is 1. The van der Waals surface area contributed by atoms with Gasteiger partial charge in [0, 0.05) is 23.2 Å². The smallest absolute Gasteiger partial charge is 0.125 e. The summed E-state index contributed by atoms with van der Waals surface area (Å²) < 4.78 is 5.41. The van der Waals surface area contributed by atoms with Crippen molar-refractivity contribution >= 4 is 11.6 Å². The summed E-state index contributed by atoms with van der Waals surface area (Å²) in [5.74, 6) is 0.799. The summed E-state index contributed by atoms with van der Waals surface area (Å²) in [6, 6.07) is 6.21. The van der Waals surface area contributed by atoms with Crippen LogP contribution in [0.15, 0.2) is 18.2 Å². The molecule has 2 N–H and O–H groups in total. The fourth-order valence-corrected chi connectivity index (χ4v) is 2.39. The Labute approximate surface area is 115 Å². The van der Waals surface area contributed by atoms with Gasteiger partial charge >= 0.3 is 0 Å². The Morgan fingerprint density at radius 2 is 2.11 bits per heavy atom. The quantitative estimate of drug-likeness (QED) is 0.863. The number of nitrogens with two attached hydrogens (primary N) is 1. The lowest BCUT2D eigenvalue weighted by molar-refractivity contribution is 0.181. The third-order valence-electron chi connectivity index (χ3n) is 3.57. The van der Waals surface area contributed by atoms with Crippen molar-refractivity contribution in [3.8, 4) is 5.75 Å². The minimum Gasteiger partial charge on any atom is -0.496 e. The molecule has 0 saturated carbocycles. The molecule has 102 valence electrons. The van der Waals surface area contributed by atoms with Crippen LogP contribution in [0.2, 0.25) is 5.02 Å². The molecular weight excluding hydrogens is 248 g/mol. The summed E-state index contributed by atoms with van der Waals surface area (Å²) in [7, 11) is 3.74. The highest BCUT2D eigenvalue weighted by molar-refractivity contribution is 6.31. The van der Waals surface area contributed by atoms with E-state index in [0.717, 1.165) is 17.7 Å². The Morgan fingerprint density at radius 3 is 2.61 bits per heavy atom. The fourth-order valence-electron chi connectivity index (χ4n) is 2.10. The van der Waals surface area contributed by atoms with Gasteiger partial charge in [0.05, 0.1) is 13.2 Å². The van der Waals surface area contributed by atoms with Crippen LogP contribution in [-0.2, 0) is 0 Å². The number of benzene rings is 1. The maximum Gasteiger partial charge on any atom is 0.125 e. The van der Waals surface area contributed by atoms with Gasteiger partial charge in [-0.25, -0.2) is 0 Å². The molecule has 1 aromatic carbocycles. The number of hydrogen-bond donors (Lipinski definition) is 1. The van der Waals surface area contributed by atoms with E-state index in [2.05, 4.69) is 25.8 Å². The second kappa shape index (κ2) is 6.98. The Balaban J connectivity index is 3.16. The van der Waals surface area contributed by atoms with Gasteiger partial charge in [0.1, 0.15) is 5.75 Å². The zero-order valence-corrected chi connectivity index (χ0v) is 12.4. The maximum absolute atomic E-state index is 6.31. The number of ether oxygens (including phenoxy) is 1. The number of halogens is 1. The van der Waals surface area contributed by atoms with Gasteiger partial charge in [0.2, 0.25) is 0 Å². The topological polar surface area (TPSA) is 38.5 Å². The van der Waals surface area contributed by atoms with Gasteiger partial charge in [-0.3, -0.25) is 4.90 Å². The minimum atomic E-state index is 0.0728. The zero-order valence-electron chi connectivity index (χ0n) is 11.6. The predicted octanol–water partition coefficient (Wildman–Crippen LogP) is 3.08. The first-order valence-electron chi connectivity index (χ1n) is 6.31. The normalized spacial score (nSPS) is 14.6. The van der Waals surface area contributed by atoms with Gasteiger partial charge in [-0.2, -0.15) is 0 Å². The predicted molar refractivity (Wildman–Crippen MR) is 77.3 cm³/mol. The average molecular weight is 271 g/mol. The van der Waals surface area contributed by atoms with Crippen molar-refractivity contribution in [2.24, 2.45) is 5.73 Å². The molecule has 0 bridgehead atoms. The van der Waals surface area contributed by atoms with E-state index >= 15 is 0 Å². The van der Waals surface area contributed by atoms with Gasteiger partial charge in [-0.1, -0.05) is 24.6 Å². The SMILES string of the molecule is CCC(C)N(C)C(CN)c1c(Cl)cccc1OC. The first-order chi connectivity index (χ1) is 8.56. The second-order valence-electron chi connectivity index (χ2n) is 4.53. The van der Waals surface area contributed by atoms with Crippen LogP contribution in [0.5, 0.6) is 5.75 Å². The molecular formula is C14H23ClN2O. The zero-order chi connectivity index (χ0) is 13.7. The summed E-state index contributed by atoms with van der Waals surface area (Å²) in [5.41, 5.74) is 6.91. The molecule has 0 spiro atoms. The molecule has 0 aliphatic rings. The van der Waals surface area contributed by atoms with E-state index in [4.69, 9.17) is 22.1 Å². The summed E-state index contributed by atoms with van der Waals surface area (Å²) in [4.78, 5) is 2.25. The molecule has 2 unspecified atom stereocenters. The standard InChI is InChI=1S/C14H23ClN2O/c1-5-10(2)17(3)12(9-16)14-11(15)7-6-8-13(14)18-4/h6-8,10,12H,5,9,16H2,1-4H3. The lowest BCUT2D eigenvalue weighted by Crippen LogP contribution is -2.37. The van der Waals surface area contributed by atoms with Gasteiger partial charge in [-0.05, 0) is 32.5 Å². The second-order valence-corrected chi connectivity index (χ2v) is 4.94. The van der Waals surface area contributed by atoms with Crippen molar-refractivity contribution in [2.75, 3.05) is 20.7 Å². The summed E-state index contributed by atoms with van der Waals surface area (Å²) in [6.45, 7) is 4.87. The molecule has 0 amide bonds. The van der Waals surface area contributed by atoms with E-state index in [9.17, 15) is 0 Å². The van der Waals surface area contributed by atoms with Crippen molar-refractivity contribution in [1.29, 1.82) is 0 Å². The molecule has 0 aliphatic heterocycles. The Morgan fingerprint density at radius 1 is 1.44 bits per heavy atom. The molecule has 0 heterocycles. The van der Waals surface area contributed by atoms with Gasteiger partial charge in [-0.15, -0.1) is 0 Å². The highest BCUT2D eigenvalue weighted by atomic mass is 35.5. The van der Waals surface area contributed by atoms with Crippen LogP contribution in [0.3, 0.4) is 0 Å². The first-order valence-corrected chi connectivity index (χ1v) is 6.68. The van der Waals surface area contributed by atoms with Gasteiger partial charge in [0.15, 0.2) is 0 Å². The van der Waals surface area contributed by atoms with Crippen LogP contribution in [0.25, 0.3) is 0 Å². The molecule has 0 aliphatic carbocycles. The molecule has 1 aromatic rings. The number of likely N-dealkylation sites (N-methyl/N-ethyl adjacent to an activating group) is 1. The summed E-state index contributed by atoms with van der Waals surface area (Å²) in [6.07, 6.45) is 1.07. The summed E-state index contributed by atoms with van der Waals surface area (Å²) in [5, 5.41) is 0.708. The molecule has 1 rings (SSSR count). The Hall–Kier alpha value is -0.770. The molecule has 18 heavy (non-hydrogen) atoms. The van der Waals surface area contributed by atoms with E-state index in [-0.39, 0.29) is 6.04 Å². The molecule has 2 atom stereocenters. The van der Waals surface area contributed by atoms with Crippen molar-refractivity contribution in [2.45, 2.75) is 32.4 Å². The van der Waals surface area contributed by atoms with Crippen LogP contribution >= 0.6 is 11.6 Å². The van der Waals surface area contributed by atoms with Crippen LogP contribution < -0.4 is 10.5 Å². The lowest BCUT2D eigenvalue weighted by atomic mass is 10.0. The molecule has 4 heteroatoms. The summed E-state index contributed by atoms with van der Waals surface area (Å²) >= 11 is 6.31. The van der Waals surface area contributed by atoms with Crippen LogP contribution in [0.4, 0.5) is 0 Å². The highest BCUT2D eigenvalue weighted by Gasteiger charge is 2.24. The van der Waals surface area contributed by atoms with E-state index in [1.54, 1.807) is 7.11 Å². The van der Waals surface area contributed by atoms with Crippen LogP contribution in [-0.4, -0.2) is 31.6 Å². The largest absolute Gasteiger partial charge is 0.496 e. The third kappa shape index (κ3) is 3.16. The van der Waals surface area contributed by atoms with E-state index in [0.29, 0.717) is 17.6 Å². The Bertz CT molecular complexity index is 384. The molecule has 3 nitrogen and oxygen atoms in total. The van der Waals surface area contributed by atoms with Crippen molar-refractivity contribution < 1.29 is 4.74 Å². The van der Waals surface area contributed by atoms with Gasteiger partial charge in [0.25, 0.3) is 0 Å².